The summed E-state index contributed by atoms with van der Waals surface area (Å²) >= 11 is 2.51. The molecule has 0 atom stereocenters. The maximum Gasteiger partial charge on any atom is 0.311 e. The van der Waals surface area contributed by atoms with E-state index in [1.165, 1.54) is 23.1 Å². The highest BCUT2D eigenvalue weighted by Crippen LogP contribution is 2.21. The molecule has 0 radical (unpaired) electrons. The minimum absolute atomic E-state index is 0.0768. The van der Waals surface area contributed by atoms with Gasteiger partial charge in [-0.15, -0.1) is 28.1 Å². The highest BCUT2D eigenvalue weighted by Gasteiger charge is 2.15. The highest BCUT2D eigenvalue weighted by atomic mass is 32.2. The van der Waals surface area contributed by atoms with Gasteiger partial charge >= 0.3 is 5.97 Å². The van der Waals surface area contributed by atoms with Crippen LogP contribution in [-0.2, 0) is 33.9 Å². The lowest BCUT2D eigenvalue weighted by atomic mass is 10.3. The summed E-state index contributed by atoms with van der Waals surface area (Å²) in [6.45, 7) is 6.59. The van der Waals surface area contributed by atoms with Gasteiger partial charge in [-0.25, -0.2) is 4.98 Å². The minimum Gasteiger partial charge on any atom is -0.486 e. The van der Waals surface area contributed by atoms with Gasteiger partial charge in [0.1, 0.15) is 12.4 Å². The van der Waals surface area contributed by atoms with Crippen LogP contribution in [0.5, 0.6) is 5.75 Å². The third-order valence-electron chi connectivity index (χ3n) is 3.98. The lowest BCUT2D eigenvalue weighted by Crippen LogP contribution is -2.15. The number of anilines is 1. The van der Waals surface area contributed by atoms with Gasteiger partial charge in [0, 0.05) is 11.9 Å². The predicted octanol–water partition coefficient (Wildman–Crippen LogP) is 3.34. The maximum atomic E-state index is 12.3. The van der Waals surface area contributed by atoms with E-state index in [0.717, 1.165) is 5.75 Å². The standard InChI is InChI=1S/C21H23N5O4S2/c1-3-10-26-17(12-30-16-8-6-5-7-9-16)24-25-21(26)32-14-18(27)23-20-22-15(13-31-20)11-19(28)29-4-2/h3,5-9,13H,1,4,10-12,14H2,2H3,(H,22,23,27). The van der Waals surface area contributed by atoms with E-state index in [1.807, 2.05) is 34.9 Å². The summed E-state index contributed by atoms with van der Waals surface area (Å²) in [5, 5.41) is 13.9. The van der Waals surface area contributed by atoms with Crippen molar-refractivity contribution in [2.45, 2.75) is 31.7 Å². The zero-order valence-electron chi connectivity index (χ0n) is 17.5. The molecular formula is C21H23N5O4S2. The topological polar surface area (TPSA) is 108 Å². The fourth-order valence-electron chi connectivity index (χ4n) is 2.60. The number of nitrogens with one attached hydrogen (secondary N) is 1. The van der Waals surface area contributed by atoms with Gasteiger partial charge in [0.25, 0.3) is 0 Å². The van der Waals surface area contributed by atoms with E-state index in [-0.39, 0.29) is 30.7 Å². The van der Waals surface area contributed by atoms with Crippen molar-refractivity contribution in [3.8, 4) is 5.75 Å². The normalized spacial score (nSPS) is 10.5. The molecule has 0 aliphatic carbocycles. The number of thiazole rings is 1. The first-order chi connectivity index (χ1) is 15.6. The van der Waals surface area contributed by atoms with Gasteiger partial charge in [-0.1, -0.05) is 36.0 Å². The molecule has 3 rings (SSSR count). The van der Waals surface area contributed by atoms with Crippen LogP contribution in [0.3, 0.4) is 0 Å². The molecule has 168 valence electrons. The van der Waals surface area contributed by atoms with Crippen LogP contribution in [0.4, 0.5) is 5.13 Å². The Bertz CT molecular complexity index is 1050. The molecular weight excluding hydrogens is 450 g/mol. The van der Waals surface area contributed by atoms with Gasteiger partial charge in [-0.05, 0) is 19.1 Å². The number of nitrogens with zero attached hydrogens (tertiary/aromatic N) is 4. The zero-order valence-corrected chi connectivity index (χ0v) is 19.2. The van der Waals surface area contributed by atoms with E-state index < -0.39 is 0 Å². The second-order valence-electron chi connectivity index (χ2n) is 6.36. The molecule has 0 bridgehead atoms. The van der Waals surface area contributed by atoms with Gasteiger partial charge in [0.2, 0.25) is 5.91 Å². The third kappa shape index (κ3) is 6.92. The number of aromatic nitrogens is 4. The zero-order chi connectivity index (χ0) is 22.8. The van der Waals surface area contributed by atoms with E-state index in [4.69, 9.17) is 9.47 Å². The van der Waals surface area contributed by atoms with Crippen molar-refractivity contribution in [2.75, 3.05) is 17.7 Å². The highest BCUT2D eigenvalue weighted by molar-refractivity contribution is 7.99. The molecule has 0 saturated carbocycles. The molecule has 11 heteroatoms. The van der Waals surface area contributed by atoms with Crippen LogP contribution in [0.25, 0.3) is 0 Å². The minimum atomic E-state index is -0.347. The van der Waals surface area contributed by atoms with Crippen LogP contribution in [-0.4, -0.2) is 44.0 Å². The number of carbonyl (C=O) groups is 2. The molecule has 1 amide bonds. The maximum absolute atomic E-state index is 12.3. The number of amides is 1. The van der Waals surface area contributed by atoms with E-state index in [2.05, 4.69) is 27.1 Å². The fourth-order valence-corrected chi connectivity index (χ4v) is 4.09. The molecule has 3 aromatic rings. The summed E-state index contributed by atoms with van der Waals surface area (Å²) in [6.07, 6.45) is 1.81. The fraction of sp³-hybridized carbons (Fsp3) is 0.286. The monoisotopic (exact) mass is 473 g/mol. The lowest BCUT2D eigenvalue weighted by Gasteiger charge is -2.09. The van der Waals surface area contributed by atoms with Crippen LogP contribution in [0.15, 0.2) is 53.5 Å². The molecule has 0 spiro atoms. The third-order valence-corrected chi connectivity index (χ3v) is 5.75. The Morgan fingerprint density at radius 3 is 2.84 bits per heavy atom. The first kappa shape index (κ1) is 23.5. The number of benzene rings is 1. The number of thioether (sulfide) groups is 1. The van der Waals surface area contributed by atoms with Crippen molar-refractivity contribution in [3.05, 3.63) is 59.9 Å². The Labute approximate surface area is 193 Å². The molecule has 0 fully saturated rings. The first-order valence-electron chi connectivity index (χ1n) is 9.82. The lowest BCUT2D eigenvalue weighted by molar-refractivity contribution is -0.142. The SMILES string of the molecule is C=CCn1c(COc2ccccc2)nnc1SCC(=O)Nc1nc(CC(=O)OCC)cs1. The summed E-state index contributed by atoms with van der Waals surface area (Å²) in [5.74, 6) is 0.920. The molecule has 2 aromatic heterocycles. The summed E-state index contributed by atoms with van der Waals surface area (Å²) in [7, 11) is 0. The number of carbonyl (C=O) groups excluding carboxylic acids is 2. The van der Waals surface area contributed by atoms with E-state index >= 15 is 0 Å². The Morgan fingerprint density at radius 1 is 1.28 bits per heavy atom. The summed E-state index contributed by atoms with van der Waals surface area (Å²) in [4.78, 5) is 28.1. The second kappa shape index (κ2) is 12.0. The summed E-state index contributed by atoms with van der Waals surface area (Å²) in [5.41, 5.74) is 0.560. The van der Waals surface area contributed by atoms with Crippen molar-refractivity contribution in [1.29, 1.82) is 0 Å². The number of esters is 1. The molecule has 2 heterocycles. The number of ether oxygens (including phenoxy) is 2. The average Bonchev–Trinajstić information content (AvgIpc) is 3.38. The van der Waals surface area contributed by atoms with Crippen LogP contribution in [0.2, 0.25) is 0 Å². The van der Waals surface area contributed by atoms with Crippen molar-refractivity contribution in [2.24, 2.45) is 0 Å². The van der Waals surface area contributed by atoms with Crippen molar-refractivity contribution in [1.82, 2.24) is 19.7 Å². The molecule has 0 saturated heterocycles. The molecule has 0 aliphatic heterocycles. The second-order valence-corrected chi connectivity index (χ2v) is 8.16. The van der Waals surface area contributed by atoms with E-state index in [1.54, 1.807) is 18.4 Å². The van der Waals surface area contributed by atoms with Crippen molar-refractivity contribution in [3.63, 3.8) is 0 Å². The van der Waals surface area contributed by atoms with Gasteiger partial charge in [-0.2, -0.15) is 0 Å². The van der Waals surface area contributed by atoms with E-state index in [0.29, 0.717) is 35.0 Å². The van der Waals surface area contributed by atoms with Crippen LogP contribution in [0, 0.1) is 0 Å². The van der Waals surface area contributed by atoms with Crippen LogP contribution >= 0.6 is 23.1 Å². The molecule has 1 aromatic carbocycles. The van der Waals surface area contributed by atoms with Gasteiger partial charge in [-0.3, -0.25) is 14.2 Å². The Morgan fingerprint density at radius 2 is 2.09 bits per heavy atom. The molecule has 9 nitrogen and oxygen atoms in total. The van der Waals surface area contributed by atoms with E-state index in [9.17, 15) is 9.59 Å². The number of rotatable bonds is 12. The first-order valence-corrected chi connectivity index (χ1v) is 11.7. The number of para-hydroxylation sites is 1. The number of allylic oxidation sites excluding steroid dienone is 1. The smallest absolute Gasteiger partial charge is 0.311 e. The predicted molar refractivity (Wildman–Crippen MR) is 123 cm³/mol. The van der Waals surface area contributed by atoms with Crippen LogP contribution in [0.1, 0.15) is 18.4 Å². The van der Waals surface area contributed by atoms with Crippen molar-refractivity contribution >= 4 is 40.1 Å². The van der Waals surface area contributed by atoms with Gasteiger partial charge in [0.15, 0.2) is 16.1 Å². The summed E-state index contributed by atoms with van der Waals surface area (Å²) in [6, 6.07) is 9.44. The van der Waals surface area contributed by atoms with Gasteiger partial charge < -0.3 is 14.8 Å². The molecule has 0 unspecified atom stereocenters. The quantitative estimate of drug-likeness (QED) is 0.242. The Hall–Kier alpha value is -3.18. The molecule has 1 N–H and O–H groups in total. The van der Waals surface area contributed by atoms with Crippen LogP contribution < -0.4 is 10.1 Å². The van der Waals surface area contributed by atoms with Crippen molar-refractivity contribution < 1.29 is 19.1 Å². The molecule has 32 heavy (non-hydrogen) atoms. The Kier molecular flexibility index (Phi) is 8.81. The van der Waals surface area contributed by atoms with Gasteiger partial charge in [0.05, 0.1) is 24.5 Å². The average molecular weight is 474 g/mol. The Balaban J connectivity index is 1.53. The number of hydrogen-bond acceptors (Lipinski definition) is 9. The number of hydrogen-bond donors (Lipinski definition) is 1. The molecule has 0 aliphatic rings. The largest absolute Gasteiger partial charge is 0.486 e. The summed E-state index contributed by atoms with van der Waals surface area (Å²) < 4.78 is 12.5.